The molecule has 1 aromatic carbocycles. The number of hydrogen-bond donors (Lipinski definition) is 1. The molecule has 0 amide bonds. The van der Waals surface area contributed by atoms with Gasteiger partial charge in [-0.15, -0.1) is 11.3 Å². The van der Waals surface area contributed by atoms with Crippen LogP contribution in [-0.4, -0.2) is 23.3 Å². The molecule has 0 radical (unpaired) electrons. The molecule has 2 aromatic heterocycles. The lowest BCUT2D eigenvalue weighted by Gasteiger charge is -2.11. The average Bonchev–Trinajstić information content (AvgIpc) is 3.20. The topological polar surface area (TPSA) is 49.4 Å². The number of benzene rings is 1. The van der Waals surface area contributed by atoms with Crippen LogP contribution in [-0.2, 0) is 13.1 Å². The van der Waals surface area contributed by atoms with Crippen molar-refractivity contribution in [2.45, 2.75) is 24.9 Å². The minimum absolute atomic E-state index is 0. The largest absolute Gasteiger partial charge is 1.00 e. The van der Waals surface area contributed by atoms with Gasteiger partial charge in [0.1, 0.15) is 20.8 Å². The van der Waals surface area contributed by atoms with Gasteiger partial charge in [-0.1, -0.05) is 23.9 Å². The molecule has 3 aromatic rings. The van der Waals surface area contributed by atoms with Crippen LogP contribution in [0, 0.1) is 0 Å². The van der Waals surface area contributed by atoms with Gasteiger partial charge in [0.25, 0.3) is 5.56 Å². The van der Waals surface area contributed by atoms with Crippen molar-refractivity contribution in [3.63, 3.8) is 0 Å². The number of aliphatic hydroxyl groups excluding tert-OH is 1. The van der Waals surface area contributed by atoms with Crippen LogP contribution in [0.4, 0.5) is 5.69 Å². The molecule has 4 rings (SSSR count). The SMILES string of the molecule is CC[n+]1ccccc1/C=c1\s/c(=C2\Sc3ccccc3N2C)c(=O)n1CCO.[Cl-]. The number of para-hydroxylation sites is 1. The summed E-state index contributed by atoms with van der Waals surface area (Å²) < 4.78 is 5.37. The molecule has 5 nitrogen and oxygen atoms in total. The summed E-state index contributed by atoms with van der Waals surface area (Å²) in [5, 5.41) is 10.5. The van der Waals surface area contributed by atoms with Crippen LogP contribution < -0.4 is 36.6 Å². The van der Waals surface area contributed by atoms with Gasteiger partial charge in [-0.3, -0.25) is 9.36 Å². The zero-order valence-corrected chi connectivity index (χ0v) is 18.6. The van der Waals surface area contributed by atoms with Crippen LogP contribution in [0.1, 0.15) is 12.6 Å². The number of aliphatic hydroxyl groups is 1. The molecule has 152 valence electrons. The van der Waals surface area contributed by atoms with Crippen LogP contribution in [0.3, 0.4) is 0 Å². The van der Waals surface area contributed by atoms with Crippen LogP contribution in [0.5, 0.6) is 0 Å². The molecule has 0 bridgehead atoms. The standard InChI is InChI=1S/C21H22N3O2S2.ClH/c1-3-23-11-7-6-8-15(23)14-18-24(12-13-25)20(26)19(28-18)21-22(2)16-9-4-5-10-17(16)27-21;/h4-11,14,25H,3,12-13H2,1-2H3;1H/q+1;/p-1/b21-19-;. The van der Waals surface area contributed by atoms with Gasteiger partial charge in [0, 0.05) is 30.2 Å². The second kappa shape index (κ2) is 9.17. The molecule has 1 aliphatic rings. The van der Waals surface area contributed by atoms with E-state index in [1.807, 2.05) is 49.7 Å². The smallest absolute Gasteiger partial charge is 0.271 e. The van der Waals surface area contributed by atoms with E-state index in [-0.39, 0.29) is 31.1 Å². The third kappa shape index (κ3) is 4.00. The number of pyridine rings is 1. The Labute approximate surface area is 183 Å². The molecule has 0 aliphatic carbocycles. The Balaban J connectivity index is 0.00000240. The first-order valence-electron chi connectivity index (χ1n) is 9.19. The summed E-state index contributed by atoms with van der Waals surface area (Å²) in [6, 6.07) is 14.2. The van der Waals surface area contributed by atoms with Crippen molar-refractivity contribution in [2.24, 2.45) is 0 Å². The number of nitrogens with zero attached hydrogens (tertiary/aromatic N) is 3. The lowest BCUT2D eigenvalue weighted by Crippen LogP contribution is -3.00. The second-order valence-corrected chi connectivity index (χ2v) is 8.50. The molecule has 0 unspecified atom stereocenters. The van der Waals surface area contributed by atoms with Gasteiger partial charge in [0.15, 0.2) is 6.20 Å². The molecule has 3 heterocycles. The van der Waals surface area contributed by atoms with Crippen molar-refractivity contribution >= 4 is 39.9 Å². The highest BCUT2D eigenvalue weighted by Gasteiger charge is 2.24. The highest BCUT2D eigenvalue weighted by Crippen LogP contribution is 2.44. The molecule has 8 heteroatoms. The van der Waals surface area contributed by atoms with Crippen LogP contribution in [0.2, 0.25) is 0 Å². The van der Waals surface area contributed by atoms with E-state index in [0.717, 1.165) is 32.5 Å². The lowest BCUT2D eigenvalue weighted by molar-refractivity contribution is -0.695. The first-order chi connectivity index (χ1) is 13.6. The number of anilines is 1. The Morgan fingerprint density at radius 1 is 1.17 bits per heavy atom. The van der Waals surface area contributed by atoms with Gasteiger partial charge in [0.05, 0.1) is 18.8 Å². The number of halogens is 1. The van der Waals surface area contributed by atoms with E-state index in [1.54, 1.807) is 16.3 Å². The van der Waals surface area contributed by atoms with Crippen LogP contribution >= 0.6 is 23.1 Å². The molecule has 0 saturated heterocycles. The molecular weight excluding hydrogens is 426 g/mol. The van der Waals surface area contributed by atoms with Gasteiger partial charge < -0.3 is 22.4 Å². The average molecular weight is 448 g/mol. The van der Waals surface area contributed by atoms with Crippen LogP contribution in [0.25, 0.3) is 11.1 Å². The minimum atomic E-state index is -0.0714. The Hall–Kier alpha value is -2.06. The van der Waals surface area contributed by atoms with Gasteiger partial charge in [0.2, 0.25) is 5.69 Å². The molecule has 0 fully saturated rings. The quantitative estimate of drug-likeness (QED) is 0.487. The van der Waals surface area contributed by atoms with E-state index in [1.165, 1.54) is 11.3 Å². The Morgan fingerprint density at radius 2 is 1.93 bits per heavy atom. The Kier molecular flexibility index (Phi) is 6.85. The fourth-order valence-electron chi connectivity index (χ4n) is 3.32. The zero-order valence-electron chi connectivity index (χ0n) is 16.2. The van der Waals surface area contributed by atoms with Crippen molar-refractivity contribution in [1.29, 1.82) is 0 Å². The summed E-state index contributed by atoms with van der Waals surface area (Å²) in [6.07, 6.45) is 4.06. The van der Waals surface area contributed by atoms with Crippen molar-refractivity contribution in [3.05, 3.63) is 73.9 Å². The number of hydrogen-bond acceptors (Lipinski definition) is 5. The van der Waals surface area contributed by atoms with Crippen LogP contribution in [0.15, 0.2) is 58.4 Å². The number of thioether (sulfide) groups is 1. The van der Waals surface area contributed by atoms with Gasteiger partial charge in [-0.2, -0.15) is 4.57 Å². The summed E-state index contributed by atoms with van der Waals surface area (Å²) in [6.45, 7) is 3.16. The highest BCUT2D eigenvalue weighted by atomic mass is 35.5. The maximum atomic E-state index is 13.2. The summed E-state index contributed by atoms with van der Waals surface area (Å²) >= 11 is 3.11. The van der Waals surface area contributed by atoms with E-state index in [9.17, 15) is 9.90 Å². The van der Waals surface area contributed by atoms with Gasteiger partial charge in [-0.25, -0.2) is 0 Å². The first kappa shape index (κ1) is 21.6. The number of aromatic nitrogens is 2. The van der Waals surface area contributed by atoms with E-state index in [0.29, 0.717) is 4.53 Å². The number of fused-ring (bicyclic) bond motifs is 1. The molecular formula is C21H22ClN3O2S2. The maximum absolute atomic E-state index is 13.2. The number of thiazole rings is 1. The monoisotopic (exact) mass is 447 g/mol. The molecule has 0 atom stereocenters. The third-order valence-corrected chi connectivity index (χ3v) is 7.24. The second-order valence-electron chi connectivity index (χ2n) is 6.44. The summed E-state index contributed by atoms with van der Waals surface area (Å²) in [5.41, 5.74) is 2.10. The van der Waals surface area contributed by atoms with Crippen molar-refractivity contribution in [3.8, 4) is 0 Å². The zero-order chi connectivity index (χ0) is 19.7. The first-order valence-corrected chi connectivity index (χ1v) is 10.8. The predicted molar refractivity (Wildman–Crippen MR) is 115 cm³/mol. The Bertz CT molecular complexity index is 1200. The van der Waals surface area contributed by atoms with Gasteiger partial charge in [-0.05, 0) is 25.1 Å². The highest BCUT2D eigenvalue weighted by molar-refractivity contribution is 8.08. The summed E-state index contributed by atoms with van der Waals surface area (Å²) in [5.74, 6) is 0. The predicted octanol–water partition coefficient (Wildman–Crippen LogP) is -1.65. The van der Waals surface area contributed by atoms with E-state index in [4.69, 9.17) is 0 Å². The van der Waals surface area contributed by atoms with Gasteiger partial charge >= 0.3 is 0 Å². The molecule has 0 saturated carbocycles. The number of rotatable bonds is 4. The number of aryl methyl sites for hydroxylation is 1. The summed E-state index contributed by atoms with van der Waals surface area (Å²) in [7, 11) is 2.00. The maximum Gasteiger partial charge on any atom is 0.271 e. The lowest BCUT2D eigenvalue weighted by atomic mass is 10.3. The normalized spacial score (nSPS) is 15.4. The Morgan fingerprint density at radius 3 is 2.66 bits per heavy atom. The van der Waals surface area contributed by atoms with Crippen molar-refractivity contribution < 1.29 is 22.1 Å². The molecule has 29 heavy (non-hydrogen) atoms. The van der Waals surface area contributed by atoms with Crippen molar-refractivity contribution in [2.75, 3.05) is 18.6 Å². The molecule has 1 N–H and O–H groups in total. The minimum Gasteiger partial charge on any atom is -1.00 e. The molecule has 1 aliphatic heterocycles. The fourth-order valence-corrected chi connectivity index (χ4v) is 5.74. The van der Waals surface area contributed by atoms with E-state index < -0.39 is 0 Å². The van der Waals surface area contributed by atoms with Crippen molar-refractivity contribution in [1.82, 2.24) is 4.57 Å². The van der Waals surface area contributed by atoms with E-state index in [2.05, 4.69) is 28.5 Å². The molecule has 0 spiro atoms. The fraction of sp³-hybridized carbons (Fsp3) is 0.238. The third-order valence-electron chi connectivity index (χ3n) is 4.76. The summed E-state index contributed by atoms with van der Waals surface area (Å²) in [4.78, 5) is 16.4. The van der Waals surface area contributed by atoms with E-state index >= 15 is 0 Å².